The normalized spacial score (nSPS) is 13.6. The predicted molar refractivity (Wildman–Crippen MR) is 169 cm³/mol. The maximum absolute atomic E-state index is 12.1. The number of rotatable bonds is 8. The first-order valence-electron chi connectivity index (χ1n) is 13.5. The second-order valence-corrected chi connectivity index (χ2v) is 18.3. The highest BCUT2D eigenvalue weighted by atomic mass is 32.2. The van der Waals surface area contributed by atoms with E-state index in [1.54, 1.807) is 23.5 Å². The molecule has 0 saturated heterocycles. The van der Waals surface area contributed by atoms with Crippen LogP contribution in [0.25, 0.3) is 0 Å². The van der Waals surface area contributed by atoms with Crippen LogP contribution in [0.4, 0.5) is 5.69 Å². The largest absolute Gasteiger partial charge is 0.507 e. The monoisotopic (exact) mass is 558 g/mol. The molecule has 0 heterocycles. The third-order valence-electron chi connectivity index (χ3n) is 6.91. The molecule has 0 atom stereocenters. The number of nitroso groups, excluding NO2 is 1. The van der Waals surface area contributed by atoms with Crippen LogP contribution in [0.5, 0.6) is 5.75 Å². The fraction of sp³-hybridized carbons (Fsp3) is 0.625. The van der Waals surface area contributed by atoms with Gasteiger partial charge in [0.15, 0.2) is 0 Å². The van der Waals surface area contributed by atoms with Gasteiger partial charge in [-0.15, -0.1) is 28.4 Å². The number of hydrogen-bond donors (Lipinski definition) is 2. The van der Waals surface area contributed by atoms with Crippen molar-refractivity contribution in [1.82, 2.24) is 0 Å². The fourth-order valence-corrected chi connectivity index (χ4v) is 7.33. The van der Waals surface area contributed by atoms with E-state index in [1.807, 2.05) is 0 Å². The van der Waals surface area contributed by atoms with Crippen molar-refractivity contribution in [3.63, 3.8) is 0 Å². The SMILES string of the molecule is CC(C)(Sc1cc(C(C)(C)C)c(O)c(C(C)(C)C)c1)Sc1cc(C(C)(C)C)c(N=O)c(C(C)(C)CCN)c1. The van der Waals surface area contributed by atoms with Gasteiger partial charge >= 0.3 is 0 Å². The number of thioether (sulfide) groups is 2. The summed E-state index contributed by atoms with van der Waals surface area (Å²) in [6, 6.07) is 8.58. The van der Waals surface area contributed by atoms with Crippen LogP contribution in [0.15, 0.2) is 39.2 Å². The number of nitrogens with zero attached hydrogens (tertiary/aromatic N) is 1. The molecule has 0 radical (unpaired) electrons. The van der Waals surface area contributed by atoms with Crippen LogP contribution in [0, 0.1) is 4.91 Å². The van der Waals surface area contributed by atoms with E-state index in [0.29, 0.717) is 18.0 Å². The van der Waals surface area contributed by atoms with E-state index in [9.17, 15) is 10.0 Å². The Morgan fingerprint density at radius 3 is 1.39 bits per heavy atom. The third kappa shape index (κ3) is 7.79. The smallest absolute Gasteiger partial charge is 0.123 e. The number of phenolic OH excluding ortho intramolecular Hbond substituents is 1. The van der Waals surface area contributed by atoms with Crippen LogP contribution >= 0.6 is 23.5 Å². The van der Waals surface area contributed by atoms with Gasteiger partial charge in [0.1, 0.15) is 11.4 Å². The first-order valence-corrected chi connectivity index (χ1v) is 15.2. The molecule has 0 spiro atoms. The molecule has 2 aromatic carbocycles. The summed E-state index contributed by atoms with van der Waals surface area (Å²) in [4.78, 5) is 14.4. The molecule has 0 amide bonds. The fourth-order valence-electron chi connectivity index (χ4n) is 4.75. The van der Waals surface area contributed by atoms with Crippen LogP contribution in [-0.2, 0) is 21.7 Å². The molecule has 212 valence electrons. The van der Waals surface area contributed by atoms with Crippen molar-refractivity contribution < 1.29 is 5.11 Å². The van der Waals surface area contributed by atoms with Gasteiger partial charge in [-0.3, -0.25) is 0 Å². The number of nitrogens with two attached hydrogens (primary N) is 1. The molecule has 0 aromatic heterocycles. The Labute approximate surface area is 240 Å². The van der Waals surface area contributed by atoms with E-state index >= 15 is 0 Å². The highest BCUT2D eigenvalue weighted by Gasteiger charge is 2.33. The second kappa shape index (κ2) is 11.2. The Kier molecular flexibility index (Phi) is 9.62. The predicted octanol–water partition coefficient (Wildman–Crippen LogP) is 9.93. The van der Waals surface area contributed by atoms with E-state index in [4.69, 9.17) is 5.73 Å². The second-order valence-electron chi connectivity index (χ2n) is 14.6. The minimum absolute atomic E-state index is 0.180. The lowest BCUT2D eigenvalue weighted by Gasteiger charge is -2.32. The molecule has 38 heavy (non-hydrogen) atoms. The van der Waals surface area contributed by atoms with Crippen LogP contribution in [-0.4, -0.2) is 15.7 Å². The molecule has 2 aromatic rings. The summed E-state index contributed by atoms with van der Waals surface area (Å²) in [7, 11) is 0. The van der Waals surface area contributed by atoms with Gasteiger partial charge in [-0.2, -0.15) is 0 Å². The summed E-state index contributed by atoms with van der Waals surface area (Å²) in [5.74, 6) is 0.401. The maximum Gasteiger partial charge on any atom is 0.123 e. The molecule has 0 fully saturated rings. The average molecular weight is 559 g/mol. The van der Waals surface area contributed by atoms with Gasteiger partial charge in [-0.25, -0.2) is 0 Å². The van der Waals surface area contributed by atoms with Crippen molar-refractivity contribution in [3.05, 3.63) is 51.4 Å². The summed E-state index contributed by atoms with van der Waals surface area (Å²) >= 11 is 3.60. The van der Waals surface area contributed by atoms with E-state index < -0.39 is 0 Å². The number of benzene rings is 2. The van der Waals surface area contributed by atoms with E-state index in [-0.39, 0.29) is 25.7 Å². The molecule has 0 aliphatic heterocycles. The Morgan fingerprint density at radius 1 is 0.684 bits per heavy atom. The molecule has 0 saturated carbocycles. The van der Waals surface area contributed by atoms with Gasteiger partial charge in [-0.1, -0.05) is 76.2 Å². The van der Waals surface area contributed by atoms with Gasteiger partial charge in [-0.05, 0) is 89.0 Å². The van der Waals surface area contributed by atoms with Gasteiger partial charge in [0.2, 0.25) is 0 Å². The standard InChI is InChI=1S/C32H50N2O2S2/c1-28(2,3)22-16-20(17-23(26(22)34-36)31(10,11)14-15-33)37-32(12,13)38-21-18-24(29(4,5)6)27(35)25(19-21)30(7,8)9/h16-19,35H,14-15,33H2,1-13H3. The molecule has 0 unspecified atom stereocenters. The van der Waals surface area contributed by atoms with Gasteiger partial charge in [0.25, 0.3) is 0 Å². The van der Waals surface area contributed by atoms with Crippen molar-refractivity contribution in [2.75, 3.05) is 6.54 Å². The van der Waals surface area contributed by atoms with E-state index in [0.717, 1.165) is 38.5 Å². The molecule has 2 rings (SSSR count). The van der Waals surface area contributed by atoms with Crippen molar-refractivity contribution in [2.45, 2.75) is 132 Å². The first-order chi connectivity index (χ1) is 17.0. The highest BCUT2D eigenvalue weighted by Crippen LogP contribution is 2.51. The maximum atomic E-state index is 12.1. The molecule has 0 bridgehead atoms. The topological polar surface area (TPSA) is 75.7 Å². The molecule has 0 aliphatic rings. The van der Waals surface area contributed by atoms with Crippen LogP contribution in [0.1, 0.15) is 119 Å². The molecular formula is C32H50N2O2S2. The summed E-state index contributed by atoms with van der Waals surface area (Å²) < 4.78 is -0.220. The van der Waals surface area contributed by atoms with Crippen molar-refractivity contribution in [1.29, 1.82) is 0 Å². The van der Waals surface area contributed by atoms with Gasteiger partial charge < -0.3 is 10.8 Å². The van der Waals surface area contributed by atoms with Crippen LogP contribution < -0.4 is 5.73 Å². The Bertz CT molecular complexity index is 1130. The van der Waals surface area contributed by atoms with E-state index in [1.165, 1.54) is 0 Å². The average Bonchev–Trinajstić information content (AvgIpc) is 2.71. The van der Waals surface area contributed by atoms with Gasteiger partial charge in [0, 0.05) is 20.9 Å². The Morgan fingerprint density at radius 2 is 1.05 bits per heavy atom. The highest BCUT2D eigenvalue weighted by molar-refractivity contribution is 8.18. The van der Waals surface area contributed by atoms with Crippen LogP contribution in [0.3, 0.4) is 0 Å². The zero-order valence-corrected chi connectivity index (χ0v) is 27.6. The third-order valence-corrected chi connectivity index (χ3v) is 9.33. The Hall–Kier alpha value is -1.50. The number of aromatic hydroxyl groups is 1. The molecule has 0 aliphatic carbocycles. The Balaban J connectivity index is 2.63. The minimum atomic E-state index is -0.272. The lowest BCUT2D eigenvalue weighted by molar-refractivity contribution is 0.422. The quantitative estimate of drug-likeness (QED) is 0.191. The number of phenols is 1. The molecule has 4 nitrogen and oxygen atoms in total. The van der Waals surface area contributed by atoms with Crippen molar-refractivity contribution in [3.8, 4) is 5.75 Å². The van der Waals surface area contributed by atoms with Crippen molar-refractivity contribution >= 4 is 29.2 Å². The lowest BCUT2D eigenvalue weighted by Crippen LogP contribution is -2.24. The summed E-state index contributed by atoms with van der Waals surface area (Å²) in [5, 5.41) is 14.7. The summed E-state index contributed by atoms with van der Waals surface area (Å²) in [6.45, 7) is 28.5. The first kappa shape index (κ1) is 32.7. The lowest BCUT2D eigenvalue weighted by atomic mass is 9.76. The number of hydrogen-bond acceptors (Lipinski definition) is 6. The van der Waals surface area contributed by atoms with Crippen molar-refractivity contribution in [2.24, 2.45) is 10.9 Å². The zero-order chi connectivity index (χ0) is 29.5. The summed E-state index contributed by atoms with van der Waals surface area (Å²) in [6.07, 6.45) is 0.768. The zero-order valence-electron chi connectivity index (χ0n) is 25.9. The van der Waals surface area contributed by atoms with E-state index in [2.05, 4.69) is 119 Å². The van der Waals surface area contributed by atoms with Gasteiger partial charge in [0.05, 0.1) is 4.08 Å². The minimum Gasteiger partial charge on any atom is -0.507 e. The summed E-state index contributed by atoms with van der Waals surface area (Å²) in [5.41, 5.74) is 9.50. The van der Waals surface area contributed by atoms with Crippen LogP contribution in [0.2, 0.25) is 0 Å². The molecule has 6 heteroatoms. The molecule has 3 N–H and O–H groups in total. The molecular weight excluding hydrogens is 508 g/mol.